The van der Waals surface area contributed by atoms with E-state index in [-0.39, 0.29) is 18.4 Å². The third-order valence-corrected chi connectivity index (χ3v) is 6.26. The van der Waals surface area contributed by atoms with E-state index in [1.54, 1.807) is 0 Å². The minimum atomic E-state index is -0.0559. The molecule has 2 amide bonds. The molecule has 2 aromatic rings. The molecule has 5 N–H and O–H groups in total. The number of rotatable bonds is 10. The molecule has 1 aliphatic heterocycles. The zero-order chi connectivity index (χ0) is 24.5. The number of unbranched alkanes of at least 4 members (excludes halogenated alkanes) is 1. The van der Waals surface area contributed by atoms with Gasteiger partial charge in [0.05, 0.1) is 13.1 Å². The number of anilines is 2. The minimum Gasteiger partial charge on any atom is -0.376 e. The van der Waals surface area contributed by atoms with Crippen LogP contribution in [0, 0.1) is 6.92 Å². The zero-order valence-electron chi connectivity index (χ0n) is 20.5. The average molecular weight is 464 g/mol. The number of hydrogen-bond acceptors (Lipinski definition) is 5. The van der Waals surface area contributed by atoms with Crippen molar-refractivity contribution < 1.29 is 9.59 Å². The maximum atomic E-state index is 13.7. The van der Waals surface area contributed by atoms with Crippen molar-refractivity contribution in [2.45, 2.75) is 46.6 Å². The number of nitrogens with one attached hydrogen (secondary N) is 3. The molecule has 0 radical (unpaired) electrons. The second-order valence-corrected chi connectivity index (χ2v) is 8.78. The number of benzene rings is 2. The smallest absolute Gasteiger partial charge is 0.254 e. The van der Waals surface area contributed by atoms with Gasteiger partial charge in [0.1, 0.15) is 0 Å². The monoisotopic (exact) mass is 463 g/mol. The van der Waals surface area contributed by atoms with E-state index in [4.69, 9.17) is 5.73 Å². The van der Waals surface area contributed by atoms with Gasteiger partial charge in [0.2, 0.25) is 5.91 Å². The fourth-order valence-corrected chi connectivity index (χ4v) is 3.92. The number of hydrogen-bond donors (Lipinski definition) is 4. The van der Waals surface area contributed by atoms with E-state index in [1.807, 2.05) is 35.2 Å². The van der Waals surface area contributed by atoms with Gasteiger partial charge in [-0.3, -0.25) is 9.59 Å². The molecule has 0 saturated heterocycles. The highest BCUT2D eigenvalue weighted by Crippen LogP contribution is 2.23. The number of aryl methyl sites for hydroxylation is 1. The van der Waals surface area contributed by atoms with Crippen molar-refractivity contribution in [2.24, 2.45) is 5.73 Å². The molecule has 0 aromatic heterocycles. The maximum Gasteiger partial charge on any atom is 0.254 e. The Hall–Kier alpha value is -3.32. The number of para-hydroxylation sites is 1. The number of nitrogens with two attached hydrogens (primary N) is 1. The topological polar surface area (TPSA) is 99.5 Å². The van der Waals surface area contributed by atoms with Crippen molar-refractivity contribution in [1.82, 2.24) is 10.2 Å². The standard InChI is InChI=1S/C27H37N5O2/c1-4-19(2)25(31-23-10-6-5-9-20(23)3)18-32(14-8-7-13-28)27(34)21-11-12-24-22(15-21)16-30-26(33)17-29-24/h5-6,9-12,15,29,31H,4,7-8,13-14,16-18,28H2,1-3H3,(H,30,33). The van der Waals surface area contributed by atoms with Crippen molar-refractivity contribution in [2.75, 3.05) is 36.8 Å². The summed E-state index contributed by atoms with van der Waals surface area (Å²) in [6.07, 6.45) is 2.60. The highest BCUT2D eigenvalue weighted by molar-refractivity contribution is 5.95. The quantitative estimate of drug-likeness (QED) is 0.399. The summed E-state index contributed by atoms with van der Waals surface area (Å²) < 4.78 is 0. The van der Waals surface area contributed by atoms with Crippen molar-refractivity contribution in [1.29, 1.82) is 0 Å². The van der Waals surface area contributed by atoms with Crippen LogP contribution >= 0.6 is 0 Å². The molecule has 0 bridgehead atoms. The molecule has 0 unspecified atom stereocenters. The molecule has 3 rings (SSSR count). The fourth-order valence-electron chi connectivity index (χ4n) is 3.92. The van der Waals surface area contributed by atoms with E-state index in [0.29, 0.717) is 31.7 Å². The van der Waals surface area contributed by atoms with Crippen molar-refractivity contribution in [3.63, 3.8) is 0 Å². The van der Waals surface area contributed by atoms with Gasteiger partial charge in [-0.1, -0.05) is 30.7 Å². The lowest BCUT2D eigenvalue weighted by atomic mass is 10.1. The van der Waals surface area contributed by atoms with Crippen LogP contribution in [0.15, 0.2) is 53.7 Å². The van der Waals surface area contributed by atoms with Crippen LogP contribution in [0.4, 0.5) is 11.4 Å². The SMILES string of the molecule is CCC(C)=C(CN(CCCCN)C(=O)c1ccc2c(c1)CNC(=O)CN2)Nc1ccccc1C. The van der Waals surface area contributed by atoms with Crippen LogP contribution in [0.1, 0.15) is 54.6 Å². The number of carbonyl (C=O) groups excluding carboxylic acids is 2. The molecule has 34 heavy (non-hydrogen) atoms. The van der Waals surface area contributed by atoms with Gasteiger partial charge in [-0.25, -0.2) is 0 Å². The predicted molar refractivity (Wildman–Crippen MR) is 139 cm³/mol. The molecule has 7 heteroatoms. The van der Waals surface area contributed by atoms with E-state index in [2.05, 4.69) is 48.9 Å². The highest BCUT2D eigenvalue weighted by Gasteiger charge is 2.21. The number of nitrogens with zero attached hydrogens (tertiary/aromatic N) is 1. The Balaban J connectivity index is 1.87. The van der Waals surface area contributed by atoms with Crippen molar-refractivity contribution in [3.05, 3.63) is 70.4 Å². The van der Waals surface area contributed by atoms with Crippen molar-refractivity contribution >= 4 is 23.2 Å². The Morgan fingerprint density at radius 2 is 1.91 bits per heavy atom. The number of allylic oxidation sites excluding steroid dienone is 1. The van der Waals surface area contributed by atoms with E-state index >= 15 is 0 Å². The van der Waals surface area contributed by atoms with Gasteiger partial charge in [-0.15, -0.1) is 0 Å². The molecule has 1 aliphatic rings. The summed E-state index contributed by atoms with van der Waals surface area (Å²) in [5.74, 6) is -0.0806. The first-order valence-electron chi connectivity index (χ1n) is 12.1. The van der Waals surface area contributed by atoms with E-state index in [1.165, 1.54) is 5.57 Å². The molecule has 0 saturated carbocycles. The molecule has 182 valence electrons. The van der Waals surface area contributed by atoms with Crippen LogP contribution in [0.5, 0.6) is 0 Å². The summed E-state index contributed by atoms with van der Waals surface area (Å²) in [7, 11) is 0. The van der Waals surface area contributed by atoms with Gasteiger partial charge >= 0.3 is 0 Å². The number of carbonyl (C=O) groups is 2. The van der Waals surface area contributed by atoms with E-state index < -0.39 is 0 Å². The van der Waals surface area contributed by atoms with Crippen molar-refractivity contribution in [3.8, 4) is 0 Å². The van der Waals surface area contributed by atoms with Crippen LogP contribution in [0.25, 0.3) is 0 Å². The Morgan fingerprint density at radius 1 is 1.12 bits per heavy atom. The molecule has 7 nitrogen and oxygen atoms in total. The normalized spacial score (nSPS) is 13.7. The molecule has 1 heterocycles. The maximum absolute atomic E-state index is 13.7. The summed E-state index contributed by atoms with van der Waals surface area (Å²) >= 11 is 0. The summed E-state index contributed by atoms with van der Waals surface area (Å²) in [5.41, 5.74) is 12.6. The molecular weight excluding hydrogens is 426 g/mol. The lowest BCUT2D eigenvalue weighted by Gasteiger charge is -2.27. The summed E-state index contributed by atoms with van der Waals surface area (Å²) in [6, 6.07) is 13.8. The van der Waals surface area contributed by atoms with Crippen LogP contribution in [0.3, 0.4) is 0 Å². The van der Waals surface area contributed by atoms with Gasteiger partial charge < -0.3 is 26.6 Å². The predicted octanol–water partition coefficient (Wildman–Crippen LogP) is 4.01. The Morgan fingerprint density at radius 3 is 2.65 bits per heavy atom. The Labute approximate surface area is 202 Å². The van der Waals surface area contributed by atoms with Crippen LogP contribution in [-0.4, -0.2) is 42.9 Å². The Bertz CT molecular complexity index is 1050. The second-order valence-electron chi connectivity index (χ2n) is 8.78. The molecule has 0 atom stereocenters. The van der Waals surface area contributed by atoms with Gasteiger partial charge in [0, 0.05) is 35.7 Å². The summed E-state index contributed by atoms with van der Waals surface area (Å²) in [5, 5.41) is 9.59. The van der Waals surface area contributed by atoms with Crippen LogP contribution in [0.2, 0.25) is 0 Å². The molecule has 0 fully saturated rings. The average Bonchev–Trinajstić information content (AvgIpc) is 3.04. The van der Waals surface area contributed by atoms with E-state index in [9.17, 15) is 9.59 Å². The first kappa shape index (κ1) is 25.3. The Kier molecular flexibility index (Phi) is 9.10. The molecule has 2 aromatic carbocycles. The number of amides is 2. The first-order valence-corrected chi connectivity index (χ1v) is 12.1. The summed E-state index contributed by atoms with van der Waals surface area (Å²) in [6.45, 7) is 8.67. The lowest BCUT2D eigenvalue weighted by Crippen LogP contribution is -2.36. The first-order chi connectivity index (χ1) is 16.4. The third kappa shape index (κ3) is 6.60. The van der Waals surface area contributed by atoms with Gasteiger partial charge in [-0.2, -0.15) is 0 Å². The summed E-state index contributed by atoms with van der Waals surface area (Å²) in [4.78, 5) is 27.3. The third-order valence-electron chi connectivity index (χ3n) is 6.26. The minimum absolute atomic E-state index is 0.0246. The largest absolute Gasteiger partial charge is 0.376 e. The van der Waals surface area contributed by atoms with Crippen LogP contribution < -0.4 is 21.7 Å². The highest BCUT2D eigenvalue weighted by atomic mass is 16.2. The van der Waals surface area contributed by atoms with Crippen LogP contribution in [-0.2, 0) is 11.3 Å². The van der Waals surface area contributed by atoms with Gasteiger partial charge in [-0.05, 0) is 75.0 Å². The van der Waals surface area contributed by atoms with Gasteiger partial charge in [0.15, 0.2) is 0 Å². The fraction of sp³-hybridized carbons (Fsp3) is 0.407. The lowest BCUT2D eigenvalue weighted by molar-refractivity contribution is -0.119. The zero-order valence-corrected chi connectivity index (χ0v) is 20.5. The second kappa shape index (κ2) is 12.2. The number of fused-ring (bicyclic) bond motifs is 1. The van der Waals surface area contributed by atoms with E-state index in [0.717, 1.165) is 47.5 Å². The molecule has 0 spiro atoms. The molecular formula is C27H37N5O2. The van der Waals surface area contributed by atoms with Gasteiger partial charge in [0.25, 0.3) is 5.91 Å². The molecule has 0 aliphatic carbocycles.